The molecule has 0 amide bonds. The van der Waals surface area contributed by atoms with Crippen molar-refractivity contribution < 1.29 is 8.85 Å². The molecule has 0 spiro atoms. The molecule has 0 aliphatic carbocycles. The van der Waals surface area contributed by atoms with E-state index in [1.807, 2.05) is 0 Å². The first-order chi connectivity index (χ1) is 6.12. The third-order valence-corrected chi connectivity index (χ3v) is 6.23. The van der Waals surface area contributed by atoms with E-state index in [1.165, 1.54) is 12.8 Å². The molecule has 0 aromatic heterocycles. The predicted molar refractivity (Wildman–Crippen MR) is 55.6 cm³/mol. The summed E-state index contributed by atoms with van der Waals surface area (Å²) in [6, 6.07) is 0. The van der Waals surface area contributed by atoms with E-state index >= 15 is 0 Å². The molecule has 13 heavy (non-hydrogen) atoms. The maximum absolute atomic E-state index is 5.50. The molecule has 1 rings (SSSR count). The lowest BCUT2D eigenvalue weighted by Gasteiger charge is -2.39. The summed E-state index contributed by atoms with van der Waals surface area (Å²) >= 11 is 0. The van der Waals surface area contributed by atoms with Gasteiger partial charge in [-0.1, -0.05) is 6.92 Å². The van der Waals surface area contributed by atoms with Crippen LogP contribution in [0.1, 0.15) is 19.8 Å². The predicted octanol–water partition coefficient (Wildman–Crippen LogP) is 1.58. The van der Waals surface area contributed by atoms with Crippen molar-refractivity contribution in [1.29, 1.82) is 0 Å². The number of hydrogen-bond donors (Lipinski definition) is 0. The molecule has 1 heterocycles. The Hall–Kier alpha value is 0.0969. The third-order valence-electron chi connectivity index (χ3n) is 3.12. The second-order valence-corrected chi connectivity index (χ2v) is 7.22. The van der Waals surface area contributed by atoms with Gasteiger partial charge < -0.3 is 8.85 Å². The molecule has 1 saturated heterocycles. The first kappa shape index (κ1) is 11.2. The molecule has 0 saturated carbocycles. The average Bonchev–Trinajstić information content (AvgIpc) is 2.18. The molecule has 0 radical (unpaired) electrons. The van der Waals surface area contributed by atoms with E-state index in [0.717, 1.165) is 19.0 Å². The fraction of sp³-hybridized carbons (Fsp3) is 1.00. The summed E-state index contributed by atoms with van der Waals surface area (Å²) in [4.78, 5) is 0. The van der Waals surface area contributed by atoms with Crippen LogP contribution in [0.5, 0.6) is 0 Å². The molecule has 1 fully saturated rings. The van der Waals surface area contributed by atoms with E-state index in [0.29, 0.717) is 0 Å². The van der Waals surface area contributed by atoms with Crippen molar-refractivity contribution >= 4 is 8.72 Å². The lowest BCUT2D eigenvalue weighted by atomic mass is 10.0. The van der Waals surface area contributed by atoms with E-state index in [9.17, 15) is 0 Å². The quantitative estimate of drug-likeness (QED) is 0.650. The zero-order valence-corrected chi connectivity index (χ0v) is 10.2. The number of rotatable bonds is 3. The van der Waals surface area contributed by atoms with Crippen LogP contribution >= 0.6 is 0 Å². The maximum Gasteiger partial charge on any atom is 0.424 e. The van der Waals surface area contributed by atoms with Crippen LogP contribution in [0.15, 0.2) is 0 Å². The van der Waals surface area contributed by atoms with E-state index < -0.39 is 8.72 Å². The summed E-state index contributed by atoms with van der Waals surface area (Å²) in [5, 5.41) is 0. The Kier molecular flexibility index (Phi) is 3.91. The molecule has 0 aromatic carbocycles. The molecular formula is C9H21NO2Si. The Morgan fingerprint density at radius 3 is 2.00 bits per heavy atom. The van der Waals surface area contributed by atoms with Crippen molar-refractivity contribution in [3.8, 4) is 0 Å². The summed E-state index contributed by atoms with van der Waals surface area (Å²) in [6.45, 7) is 6.69. The first-order valence-electron chi connectivity index (χ1n) is 4.97. The summed E-state index contributed by atoms with van der Waals surface area (Å²) in [5.74, 6) is 0.864. The van der Waals surface area contributed by atoms with E-state index in [2.05, 4.69) is 18.0 Å². The Bertz CT molecular complexity index is 154. The van der Waals surface area contributed by atoms with Gasteiger partial charge in [-0.05, 0) is 38.4 Å². The van der Waals surface area contributed by atoms with Gasteiger partial charge in [-0.25, -0.2) is 0 Å². The van der Waals surface area contributed by atoms with Gasteiger partial charge in [-0.2, -0.15) is 0 Å². The Balaban J connectivity index is 2.51. The van der Waals surface area contributed by atoms with Crippen molar-refractivity contribution in [3.63, 3.8) is 0 Å². The third kappa shape index (κ3) is 2.53. The molecule has 78 valence electrons. The highest BCUT2D eigenvalue weighted by Gasteiger charge is 2.39. The number of hydrogen-bond acceptors (Lipinski definition) is 3. The second kappa shape index (κ2) is 4.55. The molecule has 0 unspecified atom stereocenters. The summed E-state index contributed by atoms with van der Waals surface area (Å²) in [7, 11) is 1.52. The van der Waals surface area contributed by atoms with Gasteiger partial charge in [0.15, 0.2) is 0 Å². The fourth-order valence-electron chi connectivity index (χ4n) is 1.76. The summed E-state index contributed by atoms with van der Waals surface area (Å²) in [6.07, 6.45) is 2.55. The normalized spacial score (nSPS) is 22.2. The van der Waals surface area contributed by atoms with Gasteiger partial charge in [-0.15, -0.1) is 0 Å². The largest absolute Gasteiger partial charge is 0.424 e. The SMILES string of the molecule is CO[Si](C)(OC)N1CCC(C)CC1. The zero-order valence-electron chi connectivity index (χ0n) is 9.17. The van der Waals surface area contributed by atoms with Gasteiger partial charge in [0.05, 0.1) is 0 Å². The Morgan fingerprint density at radius 2 is 1.62 bits per heavy atom. The van der Waals surface area contributed by atoms with E-state index in [-0.39, 0.29) is 0 Å². The van der Waals surface area contributed by atoms with Gasteiger partial charge in [-0.3, -0.25) is 4.57 Å². The second-order valence-electron chi connectivity index (χ2n) is 3.98. The van der Waals surface area contributed by atoms with Crippen molar-refractivity contribution in [2.75, 3.05) is 27.3 Å². The minimum atomic E-state index is -1.99. The maximum atomic E-state index is 5.50. The first-order valence-corrected chi connectivity index (χ1v) is 7.24. The van der Waals surface area contributed by atoms with Crippen LogP contribution in [-0.4, -0.2) is 40.6 Å². The fourth-order valence-corrected chi connectivity index (χ4v) is 3.51. The van der Waals surface area contributed by atoms with Gasteiger partial charge in [0.25, 0.3) is 0 Å². The number of nitrogens with zero attached hydrogens (tertiary/aromatic N) is 1. The monoisotopic (exact) mass is 203 g/mol. The highest BCUT2D eigenvalue weighted by molar-refractivity contribution is 6.62. The lowest BCUT2D eigenvalue weighted by molar-refractivity contribution is 0.143. The Labute approximate surface area is 82.3 Å². The highest BCUT2D eigenvalue weighted by atomic mass is 28.4. The van der Waals surface area contributed by atoms with Crippen LogP contribution in [0.25, 0.3) is 0 Å². The lowest BCUT2D eigenvalue weighted by Crippen LogP contribution is -2.57. The van der Waals surface area contributed by atoms with Crippen LogP contribution in [0.4, 0.5) is 0 Å². The topological polar surface area (TPSA) is 21.7 Å². The molecule has 0 atom stereocenters. The Morgan fingerprint density at radius 1 is 1.15 bits per heavy atom. The molecule has 3 nitrogen and oxygen atoms in total. The molecular weight excluding hydrogens is 182 g/mol. The van der Waals surface area contributed by atoms with Crippen molar-refractivity contribution in [2.24, 2.45) is 5.92 Å². The van der Waals surface area contributed by atoms with E-state index in [1.54, 1.807) is 14.2 Å². The van der Waals surface area contributed by atoms with E-state index in [4.69, 9.17) is 8.85 Å². The van der Waals surface area contributed by atoms with Crippen molar-refractivity contribution in [2.45, 2.75) is 26.3 Å². The van der Waals surface area contributed by atoms with Gasteiger partial charge in [0.1, 0.15) is 0 Å². The zero-order chi connectivity index (χ0) is 9.90. The molecule has 4 heteroatoms. The molecule has 0 bridgehead atoms. The summed E-state index contributed by atoms with van der Waals surface area (Å²) in [5.41, 5.74) is 0. The van der Waals surface area contributed by atoms with Crippen LogP contribution in [0.3, 0.4) is 0 Å². The van der Waals surface area contributed by atoms with Crippen LogP contribution in [0, 0.1) is 5.92 Å². The smallest absolute Gasteiger partial charge is 0.386 e. The molecule has 0 aromatic rings. The van der Waals surface area contributed by atoms with Crippen molar-refractivity contribution in [3.05, 3.63) is 0 Å². The highest BCUT2D eigenvalue weighted by Crippen LogP contribution is 2.22. The van der Waals surface area contributed by atoms with Crippen LogP contribution < -0.4 is 0 Å². The minimum absolute atomic E-state index is 0.864. The number of piperidine rings is 1. The summed E-state index contributed by atoms with van der Waals surface area (Å²) < 4.78 is 13.4. The molecule has 0 N–H and O–H groups in total. The van der Waals surface area contributed by atoms with Crippen LogP contribution in [0.2, 0.25) is 6.55 Å². The average molecular weight is 203 g/mol. The van der Waals surface area contributed by atoms with Gasteiger partial charge >= 0.3 is 8.72 Å². The minimum Gasteiger partial charge on any atom is -0.386 e. The van der Waals surface area contributed by atoms with Gasteiger partial charge in [0, 0.05) is 14.2 Å². The van der Waals surface area contributed by atoms with Crippen LogP contribution in [-0.2, 0) is 8.85 Å². The molecule has 1 aliphatic heterocycles. The van der Waals surface area contributed by atoms with Gasteiger partial charge in [0.2, 0.25) is 0 Å². The molecule has 1 aliphatic rings. The standard InChI is InChI=1S/C9H21NO2Si/c1-9-5-7-10(8-6-9)13(4,11-2)12-3/h9H,5-8H2,1-4H3. The van der Waals surface area contributed by atoms with Crippen molar-refractivity contribution in [1.82, 2.24) is 4.57 Å².